The van der Waals surface area contributed by atoms with Crippen molar-refractivity contribution < 1.29 is 28.3 Å². The molecule has 1 aromatic heterocycles. The number of hydrogen-bond donors (Lipinski definition) is 2. The van der Waals surface area contributed by atoms with Gasteiger partial charge in [0.2, 0.25) is 11.8 Å². The number of benzene rings is 2. The van der Waals surface area contributed by atoms with Crippen LogP contribution in [0.25, 0.3) is 17.0 Å². The summed E-state index contributed by atoms with van der Waals surface area (Å²) in [6.07, 6.45) is 4.04. The molecule has 1 saturated heterocycles. The van der Waals surface area contributed by atoms with Gasteiger partial charge in [-0.1, -0.05) is 15.9 Å². The number of methoxy groups -OCH3 is 1. The molecule has 38 heavy (non-hydrogen) atoms. The molecule has 1 aliphatic rings. The van der Waals surface area contributed by atoms with E-state index in [4.69, 9.17) is 4.74 Å². The van der Waals surface area contributed by atoms with Gasteiger partial charge in [-0.2, -0.15) is 0 Å². The van der Waals surface area contributed by atoms with Crippen molar-refractivity contribution in [3.05, 3.63) is 69.4 Å². The molecule has 4 rings (SSSR count). The molecule has 2 aromatic carbocycles. The summed E-state index contributed by atoms with van der Waals surface area (Å²) < 4.78 is 20.7. The van der Waals surface area contributed by atoms with Gasteiger partial charge in [0.1, 0.15) is 18.9 Å². The fourth-order valence-electron chi connectivity index (χ4n) is 3.85. The smallest absolute Gasteiger partial charge is 0.294 e. The minimum Gasteiger partial charge on any atom is -0.385 e. The van der Waals surface area contributed by atoms with Crippen molar-refractivity contribution in [1.29, 1.82) is 0 Å². The van der Waals surface area contributed by atoms with Crippen molar-refractivity contribution in [3.63, 3.8) is 0 Å². The van der Waals surface area contributed by atoms with Crippen molar-refractivity contribution in [2.45, 2.75) is 13.0 Å². The lowest BCUT2D eigenvalue weighted by atomic mass is 10.1. The quantitative estimate of drug-likeness (QED) is 0.263. The van der Waals surface area contributed by atoms with Crippen LogP contribution in [0, 0.1) is 5.82 Å². The first kappa shape index (κ1) is 27.6. The van der Waals surface area contributed by atoms with E-state index >= 15 is 0 Å². The van der Waals surface area contributed by atoms with E-state index in [0.717, 1.165) is 32.0 Å². The normalized spacial score (nSPS) is 14.5. The Hall–Kier alpha value is -3.48. The molecule has 1 fully saturated rings. The maximum atomic E-state index is 13.1. The van der Waals surface area contributed by atoms with E-state index in [-0.39, 0.29) is 17.4 Å². The molecule has 1 aliphatic heterocycles. The predicted molar refractivity (Wildman–Crippen MR) is 147 cm³/mol. The first-order chi connectivity index (χ1) is 18.2. The highest BCUT2D eigenvalue weighted by molar-refractivity contribution is 9.10. The number of fused-ring (bicyclic) bond motifs is 1. The molecule has 4 amide bonds. The van der Waals surface area contributed by atoms with Gasteiger partial charge in [-0.05, 0) is 66.7 Å². The van der Waals surface area contributed by atoms with Gasteiger partial charge < -0.3 is 19.9 Å². The van der Waals surface area contributed by atoms with E-state index in [1.165, 1.54) is 24.3 Å². The fraction of sp³-hybridized carbons (Fsp3) is 0.231. The molecular weight excluding hydrogens is 579 g/mol. The van der Waals surface area contributed by atoms with E-state index in [2.05, 4.69) is 26.6 Å². The van der Waals surface area contributed by atoms with Gasteiger partial charge >= 0.3 is 0 Å². The Bertz CT molecular complexity index is 1420. The fourth-order valence-corrected chi connectivity index (χ4v) is 5.04. The summed E-state index contributed by atoms with van der Waals surface area (Å²) in [4.78, 5) is 51.5. The number of amides is 4. The number of ether oxygens (including phenoxy) is 1. The molecule has 9 nitrogen and oxygen atoms in total. The van der Waals surface area contributed by atoms with Crippen LogP contribution < -0.4 is 10.6 Å². The molecule has 2 N–H and O–H groups in total. The molecule has 0 bridgehead atoms. The van der Waals surface area contributed by atoms with E-state index in [1.807, 2.05) is 18.2 Å². The SMILES string of the molecule is COCCCNC(=O)Cn1cc(/C=C2\SC(=O)N(CC(=O)Nc3ccc(F)cc3)C2=O)c2cc(Br)ccc21. The zero-order valence-electron chi connectivity index (χ0n) is 20.3. The highest BCUT2D eigenvalue weighted by Crippen LogP contribution is 2.34. The number of nitrogens with zero attached hydrogens (tertiary/aromatic N) is 2. The van der Waals surface area contributed by atoms with Crippen LogP contribution in [0.4, 0.5) is 14.9 Å². The monoisotopic (exact) mass is 602 g/mol. The lowest BCUT2D eigenvalue weighted by molar-refractivity contribution is -0.127. The summed E-state index contributed by atoms with van der Waals surface area (Å²) in [5.74, 6) is -1.80. The molecular formula is C26H24BrFN4O5S. The number of anilines is 1. The highest BCUT2D eigenvalue weighted by atomic mass is 79.9. The van der Waals surface area contributed by atoms with E-state index in [1.54, 1.807) is 23.9 Å². The molecule has 0 spiro atoms. The number of thioether (sulfide) groups is 1. The minimum atomic E-state index is -0.596. The van der Waals surface area contributed by atoms with Crippen LogP contribution >= 0.6 is 27.7 Å². The third-order valence-electron chi connectivity index (χ3n) is 5.63. The van der Waals surface area contributed by atoms with E-state index < -0.39 is 29.4 Å². The number of carbonyl (C=O) groups is 4. The average molecular weight is 603 g/mol. The van der Waals surface area contributed by atoms with Gasteiger partial charge in [0.15, 0.2) is 0 Å². The summed E-state index contributed by atoms with van der Waals surface area (Å²) >= 11 is 4.19. The van der Waals surface area contributed by atoms with Crippen LogP contribution in [0.15, 0.2) is 58.0 Å². The summed E-state index contributed by atoms with van der Waals surface area (Å²) in [6, 6.07) is 10.7. The van der Waals surface area contributed by atoms with Gasteiger partial charge in [0.05, 0.1) is 4.91 Å². The second-order valence-electron chi connectivity index (χ2n) is 8.39. The van der Waals surface area contributed by atoms with Crippen molar-refractivity contribution in [2.24, 2.45) is 0 Å². The summed E-state index contributed by atoms with van der Waals surface area (Å²) in [5.41, 5.74) is 1.78. The van der Waals surface area contributed by atoms with Gasteiger partial charge in [-0.3, -0.25) is 24.1 Å². The zero-order valence-corrected chi connectivity index (χ0v) is 22.7. The minimum absolute atomic E-state index is 0.0734. The number of halogens is 2. The van der Waals surface area contributed by atoms with Gasteiger partial charge in [-0.15, -0.1) is 0 Å². The van der Waals surface area contributed by atoms with Crippen LogP contribution in [0.2, 0.25) is 0 Å². The standard InChI is InChI=1S/C26H24BrFN4O5S/c1-37-10-2-9-29-23(33)14-31-13-16(20-12-17(27)3-8-21(20)31)11-22-25(35)32(26(36)38-22)15-24(34)30-19-6-4-18(28)5-7-19/h3-8,11-13H,2,9-10,14-15H2,1H3,(H,29,33)(H,30,34)/b22-11-. The zero-order chi connectivity index (χ0) is 27.2. The van der Waals surface area contributed by atoms with Crippen LogP contribution in [-0.2, 0) is 25.7 Å². The van der Waals surface area contributed by atoms with Crippen LogP contribution in [0.5, 0.6) is 0 Å². The molecule has 198 valence electrons. The highest BCUT2D eigenvalue weighted by Gasteiger charge is 2.36. The Morgan fingerprint density at radius 2 is 1.87 bits per heavy atom. The molecule has 12 heteroatoms. The van der Waals surface area contributed by atoms with Gasteiger partial charge in [0, 0.05) is 53.1 Å². The molecule has 2 heterocycles. The van der Waals surface area contributed by atoms with Crippen molar-refractivity contribution in [3.8, 4) is 0 Å². The first-order valence-electron chi connectivity index (χ1n) is 11.6. The maximum Gasteiger partial charge on any atom is 0.294 e. The Morgan fingerprint density at radius 3 is 2.61 bits per heavy atom. The molecule has 0 aliphatic carbocycles. The maximum absolute atomic E-state index is 13.1. The van der Waals surface area contributed by atoms with Crippen LogP contribution in [-0.4, -0.2) is 59.2 Å². The van der Waals surface area contributed by atoms with Gasteiger partial charge in [0.25, 0.3) is 11.1 Å². The van der Waals surface area contributed by atoms with Crippen LogP contribution in [0.1, 0.15) is 12.0 Å². The summed E-state index contributed by atoms with van der Waals surface area (Å²) in [6.45, 7) is 0.639. The summed E-state index contributed by atoms with van der Waals surface area (Å²) in [5, 5.41) is 5.60. The lowest BCUT2D eigenvalue weighted by Gasteiger charge is -2.12. The van der Waals surface area contributed by atoms with Crippen molar-refractivity contribution >= 4 is 73.3 Å². The number of carbonyl (C=O) groups excluding carboxylic acids is 4. The van der Waals surface area contributed by atoms with Crippen molar-refractivity contribution in [1.82, 2.24) is 14.8 Å². The Kier molecular flexibility index (Phi) is 8.97. The number of aromatic nitrogens is 1. The van der Waals surface area contributed by atoms with Crippen LogP contribution in [0.3, 0.4) is 0 Å². The predicted octanol–water partition coefficient (Wildman–Crippen LogP) is 4.37. The Morgan fingerprint density at radius 1 is 1.11 bits per heavy atom. The third-order valence-corrected chi connectivity index (χ3v) is 7.03. The number of nitrogens with one attached hydrogen (secondary N) is 2. The molecule has 0 radical (unpaired) electrons. The Balaban J connectivity index is 1.51. The number of rotatable bonds is 10. The number of hydrogen-bond acceptors (Lipinski definition) is 6. The number of imide groups is 1. The largest absolute Gasteiger partial charge is 0.385 e. The lowest BCUT2D eigenvalue weighted by Crippen LogP contribution is -2.36. The third kappa shape index (κ3) is 6.69. The van der Waals surface area contributed by atoms with Crippen molar-refractivity contribution in [2.75, 3.05) is 32.1 Å². The second-order valence-corrected chi connectivity index (χ2v) is 10.3. The molecule has 0 saturated carbocycles. The first-order valence-corrected chi connectivity index (χ1v) is 13.2. The van der Waals surface area contributed by atoms with Gasteiger partial charge in [-0.25, -0.2) is 4.39 Å². The average Bonchev–Trinajstić information content (AvgIpc) is 3.34. The molecule has 0 unspecified atom stereocenters. The second kappa shape index (κ2) is 12.4. The summed E-state index contributed by atoms with van der Waals surface area (Å²) in [7, 11) is 1.60. The molecule has 3 aromatic rings. The van der Waals surface area contributed by atoms with E-state index in [0.29, 0.717) is 30.8 Å². The molecule has 0 atom stereocenters. The Labute approximate surface area is 230 Å². The van der Waals surface area contributed by atoms with E-state index in [9.17, 15) is 23.6 Å². The topological polar surface area (TPSA) is 110 Å².